The van der Waals surface area contributed by atoms with Crippen LogP contribution in [0.25, 0.3) is 0 Å². The molecular weight excluding hydrogens is 230 g/mol. The number of nitrogens with one attached hydrogen (secondary N) is 1. The average molecular weight is 253 g/mol. The Balaban J connectivity index is 1.93. The minimum Gasteiger partial charge on any atom is -0.351 e. The Bertz CT molecular complexity index is 354. The van der Waals surface area contributed by atoms with Crippen molar-refractivity contribution in [2.24, 2.45) is 11.7 Å². The highest BCUT2D eigenvalue weighted by Crippen LogP contribution is 2.31. The Morgan fingerprint density at radius 2 is 2.22 bits per heavy atom. The first-order valence-corrected chi connectivity index (χ1v) is 6.73. The van der Waals surface area contributed by atoms with Crippen molar-refractivity contribution >= 4 is 11.8 Å². The number of carbonyl (C=O) groups is 2. The van der Waals surface area contributed by atoms with Gasteiger partial charge in [-0.15, -0.1) is 0 Å². The number of likely N-dealkylation sites (tertiary alicyclic amines) is 1. The second-order valence-electron chi connectivity index (χ2n) is 5.99. The average Bonchev–Trinajstić information content (AvgIpc) is 2.57. The molecule has 0 spiro atoms. The predicted molar refractivity (Wildman–Crippen MR) is 68.7 cm³/mol. The van der Waals surface area contributed by atoms with Crippen LogP contribution >= 0.6 is 0 Å². The Hall–Kier alpha value is -1.10. The summed E-state index contributed by atoms with van der Waals surface area (Å²) in [5.74, 6) is -0.000451. The maximum atomic E-state index is 12.3. The van der Waals surface area contributed by atoms with Crippen LogP contribution in [0, 0.1) is 5.92 Å². The van der Waals surface area contributed by atoms with E-state index in [2.05, 4.69) is 5.32 Å². The molecule has 0 aromatic rings. The first kappa shape index (κ1) is 13.3. The van der Waals surface area contributed by atoms with Gasteiger partial charge in [-0.25, -0.2) is 0 Å². The van der Waals surface area contributed by atoms with E-state index in [1.165, 1.54) is 0 Å². The standard InChI is InChI=1S/C13H23N3O2/c1-13(14)6-4-3-5-10(13)12(18)15-9-7-11(17)16(2)8-9/h9-10H,3-8,14H2,1-2H3,(H,15,18). The number of rotatable bonds is 2. The molecule has 2 fully saturated rings. The highest BCUT2D eigenvalue weighted by molar-refractivity contribution is 5.83. The van der Waals surface area contributed by atoms with Crippen molar-refractivity contribution in [2.45, 2.75) is 50.6 Å². The van der Waals surface area contributed by atoms with E-state index in [1.54, 1.807) is 11.9 Å². The molecule has 3 atom stereocenters. The van der Waals surface area contributed by atoms with Crippen LogP contribution in [-0.2, 0) is 9.59 Å². The van der Waals surface area contributed by atoms with Crippen LogP contribution in [0.5, 0.6) is 0 Å². The summed E-state index contributed by atoms with van der Waals surface area (Å²) in [6.45, 7) is 2.57. The van der Waals surface area contributed by atoms with Gasteiger partial charge in [-0.05, 0) is 19.8 Å². The van der Waals surface area contributed by atoms with Crippen molar-refractivity contribution in [3.8, 4) is 0 Å². The molecule has 3 N–H and O–H groups in total. The molecule has 0 radical (unpaired) electrons. The van der Waals surface area contributed by atoms with Crippen LogP contribution in [-0.4, -0.2) is 41.9 Å². The Morgan fingerprint density at radius 3 is 2.78 bits per heavy atom. The molecule has 0 aromatic heterocycles. The summed E-state index contributed by atoms with van der Waals surface area (Å²) in [5, 5.41) is 2.98. The number of nitrogens with zero attached hydrogens (tertiary/aromatic N) is 1. The molecule has 1 aliphatic heterocycles. The highest BCUT2D eigenvalue weighted by Gasteiger charge is 2.39. The number of likely N-dealkylation sites (N-methyl/N-ethyl adjacent to an activating group) is 1. The Morgan fingerprint density at radius 1 is 1.50 bits per heavy atom. The van der Waals surface area contributed by atoms with Gasteiger partial charge in [0.1, 0.15) is 0 Å². The fraction of sp³-hybridized carbons (Fsp3) is 0.846. The van der Waals surface area contributed by atoms with Crippen LogP contribution < -0.4 is 11.1 Å². The van der Waals surface area contributed by atoms with E-state index in [9.17, 15) is 9.59 Å². The third kappa shape index (κ3) is 2.66. The number of amides is 2. The van der Waals surface area contributed by atoms with Crippen LogP contribution in [0.15, 0.2) is 0 Å². The van der Waals surface area contributed by atoms with Gasteiger partial charge in [0.05, 0.1) is 12.0 Å². The van der Waals surface area contributed by atoms with Gasteiger partial charge < -0.3 is 16.0 Å². The lowest BCUT2D eigenvalue weighted by atomic mass is 9.74. The van der Waals surface area contributed by atoms with Crippen molar-refractivity contribution < 1.29 is 9.59 Å². The number of hydrogen-bond acceptors (Lipinski definition) is 3. The van der Waals surface area contributed by atoms with Gasteiger partial charge >= 0.3 is 0 Å². The van der Waals surface area contributed by atoms with E-state index in [0.29, 0.717) is 13.0 Å². The molecule has 1 aliphatic carbocycles. The van der Waals surface area contributed by atoms with E-state index in [4.69, 9.17) is 5.73 Å². The minimum absolute atomic E-state index is 0.0211. The highest BCUT2D eigenvalue weighted by atomic mass is 16.2. The zero-order chi connectivity index (χ0) is 13.3. The summed E-state index contributed by atoms with van der Waals surface area (Å²) in [5.41, 5.74) is 5.81. The molecule has 2 rings (SSSR count). The molecule has 5 nitrogen and oxygen atoms in total. The fourth-order valence-corrected chi connectivity index (χ4v) is 3.05. The summed E-state index contributed by atoms with van der Waals surface area (Å²) in [7, 11) is 1.77. The van der Waals surface area contributed by atoms with Gasteiger partial charge in [0.25, 0.3) is 0 Å². The van der Waals surface area contributed by atoms with E-state index in [1.807, 2.05) is 6.92 Å². The maximum Gasteiger partial charge on any atom is 0.225 e. The molecule has 1 heterocycles. The Kier molecular flexibility index (Phi) is 3.61. The quantitative estimate of drug-likeness (QED) is 0.740. The summed E-state index contributed by atoms with van der Waals surface area (Å²) < 4.78 is 0. The Labute approximate surface area is 108 Å². The molecule has 1 saturated heterocycles. The van der Waals surface area contributed by atoms with Gasteiger partial charge in [-0.2, -0.15) is 0 Å². The molecule has 0 bridgehead atoms. The van der Waals surface area contributed by atoms with E-state index in [-0.39, 0.29) is 23.8 Å². The fourth-order valence-electron chi connectivity index (χ4n) is 3.05. The topological polar surface area (TPSA) is 75.4 Å². The van der Waals surface area contributed by atoms with Gasteiger partial charge in [-0.3, -0.25) is 9.59 Å². The second kappa shape index (κ2) is 4.88. The summed E-state index contributed by atoms with van der Waals surface area (Å²) in [6, 6.07) is -0.0484. The zero-order valence-electron chi connectivity index (χ0n) is 11.2. The number of carbonyl (C=O) groups excluding carboxylic acids is 2. The molecule has 1 saturated carbocycles. The third-order valence-electron chi connectivity index (χ3n) is 4.26. The zero-order valence-corrected chi connectivity index (χ0v) is 11.2. The van der Waals surface area contributed by atoms with Crippen molar-refractivity contribution in [3.63, 3.8) is 0 Å². The minimum atomic E-state index is -0.406. The van der Waals surface area contributed by atoms with Gasteiger partial charge in [-0.1, -0.05) is 12.8 Å². The van der Waals surface area contributed by atoms with Crippen molar-refractivity contribution in [1.82, 2.24) is 10.2 Å². The predicted octanol–water partition coefficient (Wildman–Crippen LogP) is 0.241. The molecule has 18 heavy (non-hydrogen) atoms. The van der Waals surface area contributed by atoms with Gasteiger partial charge in [0.15, 0.2) is 0 Å². The van der Waals surface area contributed by atoms with E-state index < -0.39 is 5.54 Å². The van der Waals surface area contributed by atoms with Crippen molar-refractivity contribution in [2.75, 3.05) is 13.6 Å². The first-order chi connectivity index (χ1) is 8.40. The molecule has 0 aromatic carbocycles. The monoisotopic (exact) mass is 253 g/mol. The SMILES string of the molecule is CN1CC(NC(=O)C2CCCCC2(C)N)CC1=O. The second-order valence-corrected chi connectivity index (χ2v) is 5.99. The lowest BCUT2D eigenvalue weighted by Gasteiger charge is -2.37. The van der Waals surface area contributed by atoms with E-state index >= 15 is 0 Å². The molecule has 3 unspecified atom stereocenters. The van der Waals surface area contributed by atoms with Crippen LogP contribution in [0.3, 0.4) is 0 Å². The molecule has 2 aliphatic rings. The van der Waals surface area contributed by atoms with Gasteiger partial charge in [0, 0.05) is 25.6 Å². The van der Waals surface area contributed by atoms with Crippen molar-refractivity contribution in [3.05, 3.63) is 0 Å². The molecule has 2 amide bonds. The van der Waals surface area contributed by atoms with Crippen molar-refractivity contribution in [1.29, 1.82) is 0 Å². The lowest BCUT2D eigenvalue weighted by Crippen LogP contribution is -2.54. The number of nitrogens with two attached hydrogens (primary N) is 1. The lowest BCUT2D eigenvalue weighted by molar-refractivity contribution is -0.128. The smallest absolute Gasteiger partial charge is 0.225 e. The molecule has 102 valence electrons. The summed E-state index contributed by atoms with van der Waals surface area (Å²) >= 11 is 0. The van der Waals surface area contributed by atoms with Crippen LogP contribution in [0.2, 0.25) is 0 Å². The molecule has 5 heteroatoms. The van der Waals surface area contributed by atoms with Gasteiger partial charge in [0.2, 0.25) is 11.8 Å². The van der Waals surface area contributed by atoms with Crippen LogP contribution in [0.4, 0.5) is 0 Å². The van der Waals surface area contributed by atoms with Crippen LogP contribution in [0.1, 0.15) is 39.0 Å². The first-order valence-electron chi connectivity index (χ1n) is 6.73. The maximum absolute atomic E-state index is 12.3. The molecular formula is C13H23N3O2. The third-order valence-corrected chi connectivity index (χ3v) is 4.26. The summed E-state index contributed by atoms with van der Waals surface area (Å²) in [6.07, 6.45) is 4.33. The largest absolute Gasteiger partial charge is 0.351 e. The van der Waals surface area contributed by atoms with E-state index in [0.717, 1.165) is 25.7 Å². The number of hydrogen-bond donors (Lipinski definition) is 2. The summed E-state index contributed by atoms with van der Waals surface area (Å²) in [4.78, 5) is 25.3. The normalized spacial score (nSPS) is 36.8.